The molecule has 77 heavy (non-hydrogen) atoms. The van der Waals surface area contributed by atoms with Crippen LogP contribution in [0.2, 0.25) is 0 Å². The summed E-state index contributed by atoms with van der Waals surface area (Å²) in [6, 6.07) is 70.5. The van der Waals surface area contributed by atoms with Gasteiger partial charge in [0.25, 0.3) is 6.33 Å². The first kappa shape index (κ1) is 53.1. The van der Waals surface area contributed by atoms with Crippen molar-refractivity contribution in [1.82, 2.24) is 14.1 Å². The van der Waals surface area contributed by atoms with Gasteiger partial charge in [0.1, 0.15) is 5.82 Å². The number of pyridine rings is 1. The monoisotopic (exact) mass is 1190 g/mol. The minimum Gasteiger partial charge on any atom is -0.510 e. The van der Waals surface area contributed by atoms with Gasteiger partial charge in [-0.05, 0) is 101 Å². The number of para-hydroxylation sites is 4. The zero-order chi connectivity index (χ0) is 53.3. The van der Waals surface area contributed by atoms with E-state index in [4.69, 9.17) is 9.72 Å². The van der Waals surface area contributed by atoms with Crippen molar-refractivity contribution in [3.8, 4) is 62.1 Å². The molecule has 0 aliphatic carbocycles. The molecular weight excluding hydrogens is 1120 g/mol. The number of hydrogen-bond donors (Lipinski definition) is 0. The Labute approximate surface area is 470 Å². The third-order valence-electron chi connectivity index (χ3n) is 15.4. The van der Waals surface area contributed by atoms with Gasteiger partial charge in [0.05, 0.1) is 16.7 Å². The van der Waals surface area contributed by atoms with Gasteiger partial charge in [-0.3, -0.25) is 4.57 Å². The number of rotatable bonds is 10. The van der Waals surface area contributed by atoms with Gasteiger partial charge in [-0.15, -0.1) is 29.7 Å². The molecule has 1 atom stereocenters. The molecule has 8 aromatic carbocycles. The molecule has 0 bridgehead atoms. The van der Waals surface area contributed by atoms with Crippen LogP contribution in [0, 0.1) is 24.4 Å². The number of fused-ring (bicyclic) bond motifs is 4. The summed E-state index contributed by atoms with van der Waals surface area (Å²) < 4.78 is 13.4. The van der Waals surface area contributed by atoms with E-state index in [2.05, 4.69) is 279 Å². The van der Waals surface area contributed by atoms with Crippen LogP contribution in [0.3, 0.4) is 0 Å². The Kier molecular flexibility index (Phi) is 14.2. The van der Waals surface area contributed by atoms with E-state index in [0.29, 0.717) is 17.4 Å². The standard InChI is InChI=1S/C71H68N4O.Pt/c1-46(2)47(3)61-43-67(72-44-62(61)49-32-34-51(35-33-49)69(4,5)6)75-63-29-17-16-26-59(63)60-37-36-56(42-66(60)75)76-55-25-20-24-54(41-55)73-45-74(65-31-19-18-30-64(65)73)68-57(48-22-14-13-15-23-48)27-21-28-58(68)50-38-52(70(7,8)9)40-53(39-50)71(10,11)12;/h13-40,43-44,46-47H,1-12H3;/q-2;. The smallest absolute Gasteiger partial charge is 0.268 e. The van der Waals surface area contributed by atoms with E-state index in [-0.39, 0.29) is 43.2 Å². The first-order valence-corrected chi connectivity index (χ1v) is 26.9. The van der Waals surface area contributed by atoms with E-state index in [9.17, 15) is 0 Å². The first-order valence-electron chi connectivity index (χ1n) is 26.9. The summed E-state index contributed by atoms with van der Waals surface area (Å²) in [5.41, 5.74) is 17.9. The maximum absolute atomic E-state index is 6.80. The molecule has 0 aliphatic heterocycles. The topological polar surface area (TPSA) is 35.9 Å². The molecule has 5 nitrogen and oxygen atoms in total. The average Bonchev–Trinajstić information content (AvgIpc) is 4.10. The van der Waals surface area contributed by atoms with Crippen LogP contribution in [0.1, 0.15) is 111 Å². The summed E-state index contributed by atoms with van der Waals surface area (Å²) in [6.45, 7) is 27.5. The molecule has 0 saturated carbocycles. The van der Waals surface area contributed by atoms with Crippen LogP contribution in [0.25, 0.3) is 83.4 Å². The van der Waals surface area contributed by atoms with Crippen LogP contribution in [0.4, 0.5) is 0 Å². The largest absolute Gasteiger partial charge is 0.510 e. The Bertz CT molecular complexity index is 3920. The maximum atomic E-state index is 6.80. The van der Waals surface area contributed by atoms with Crippen molar-refractivity contribution >= 4 is 32.8 Å². The molecule has 6 heteroatoms. The van der Waals surface area contributed by atoms with E-state index in [1.54, 1.807) is 0 Å². The fourth-order valence-electron chi connectivity index (χ4n) is 10.5. The summed E-state index contributed by atoms with van der Waals surface area (Å²) in [5.74, 6) is 2.71. The minimum absolute atomic E-state index is 0. The third kappa shape index (κ3) is 10.2. The molecule has 0 N–H and O–H groups in total. The number of benzene rings is 8. The Balaban J connectivity index is 0.00000672. The molecule has 3 heterocycles. The molecule has 0 aliphatic rings. The summed E-state index contributed by atoms with van der Waals surface area (Å²) in [6.07, 6.45) is 5.92. The second-order valence-electron chi connectivity index (χ2n) is 24.1. The molecule has 0 radical (unpaired) electrons. The number of imidazole rings is 1. The normalized spacial score (nSPS) is 12.6. The SMILES string of the molecule is CC(C)C(C)c1cc(-n2c3[c-]c(Oc4[c-]c(-n5[c-][n+](-c6c(-c7ccccc7)cccc6-c6cc(C(C)(C)C)cc(C(C)(C)C)c6)c6ccccc65)ccc4)ccc3c3ccccc32)ncc1-c1ccc(C(C)(C)C)cc1.[Pt]. The van der Waals surface area contributed by atoms with Crippen LogP contribution in [0.15, 0.2) is 182 Å². The van der Waals surface area contributed by atoms with Crippen LogP contribution >= 0.6 is 0 Å². The zero-order valence-electron chi connectivity index (χ0n) is 46.5. The van der Waals surface area contributed by atoms with Gasteiger partial charge in [-0.25, -0.2) is 4.98 Å². The third-order valence-corrected chi connectivity index (χ3v) is 15.4. The molecule has 0 saturated heterocycles. The van der Waals surface area contributed by atoms with Crippen molar-refractivity contribution in [1.29, 1.82) is 0 Å². The second kappa shape index (κ2) is 20.6. The van der Waals surface area contributed by atoms with E-state index in [1.165, 1.54) is 33.4 Å². The van der Waals surface area contributed by atoms with Crippen LogP contribution in [-0.2, 0) is 37.3 Å². The number of aromatic nitrogens is 4. The van der Waals surface area contributed by atoms with Crippen molar-refractivity contribution in [2.45, 2.75) is 105 Å². The fraction of sp³-hybridized carbons (Fsp3) is 0.239. The van der Waals surface area contributed by atoms with Crippen LogP contribution in [-0.4, -0.2) is 14.1 Å². The van der Waals surface area contributed by atoms with Gasteiger partial charge in [0, 0.05) is 49.8 Å². The molecule has 0 amide bonds. The molecule has 3 aromatic heterocycles. The predicted molar refractivity (Wildman–Crippen MR) is 316 cm³/mol. The predicted octanol–water partition coefficient (Wildman–Crippen LogP) is 18.2. The quantitative estimate of drug-likeness (QED) is 0.101. The van der Waals surface area contributed by atoms with Crippen LogP contribution in [0.5, 0.6) is 11.5 Å². The molecule has 11 rings (SSSR count). The van der Waals surface area contributed by atoms with Crippen molar-refractivity contribution in [3.05, 3.63) is 223 Å². The maximum Gasteiger partial charge on any atom is 0.268 e. The average molecular weight is 1190 g/mol. The summed E-state index contributed by atoms with van der Waals surface area (Å²) in [7, 11) is 0. The molecule has 11 aromatic rings. The molecule has 0 fully saturated rings. The summed E-state index contributed by atoms with van der Waals surface area (Å²) in [5, 5.41) is 2.21. The first-order chi connectivity index (χ1) is 36.3. The Morgan fingerprint density at radius 2 is 1.10 bits per heavy atom. The van der Waals surface area contributed by atoms with Gasteiger partial charge in [0.2, 0.25) is 0 Å². The van der Waals surface area contributed by atoms with E-state index in [0.717, 1.165) is 72.3 Å². The number of ether oxygens (including phenoxy) is 1. The second-order valence-corrected chi connectivity index (χ2v) is 24.1. The van der Waals surface area contributed by atoms with E-state index < -0.39 is 0 Å². The molecule has 1 unspecified atom stereocenters. The molecule has 390 valence electrons. The van der Waals surface area contributed by atoms with Gasteiger partial charge < -0.3 is 13.9 Å². The molecule has 0 spiro atoms. The Morgan fingerprint density at radius 1 is 0.506 bits per heavy atom. The van der Waals surface area contributed by atoms with Crippen molar-refractivity contribution < 1.29 is 30.4 Å². The van der Waals surface area contributed by atoms with Crippen LogP contribution < -0.4 is 9.30 Å². The van der Waals surface area contributed by atoms with Gasteiger partial charge >= 0.3 is 0 Å². The zero-order valence-corrected chi connectivity index (χ0v) is 48.8. The van der Waals surface area contributed by atoms with Gasteiger partial charge in [-0.1, -0.05) is 222 Å². The summed E-state index contributed by atoms with van der Waals surface area (Å²) >= 11 is 0. The number of nitrogens with zero attached hydrogens (tertiary/aromatic N) is 4. The van der Waals surface area contributed by atoms with Crippen molar-refractivity contribution in [2.24, 2.45) is 5.92 Å². The minimum atomic E-state index is -0.0485. The van der Waals surface area contributed by atoms with Crippen molar-refractivity contribution in [3.63, 3.8) is 0 Å². The molecular formula is C71H68N4OPt-2. The number of hydrogen-bond acceptors (Lipinski definition) is 2. The van der Waals surface area contributed by atoms with Crippen molar-refractivity contribution in [2.75, 3.05) is 0 Å². The summed E-state index contributed by atoms with van der Waals surface area (Å²) in [4.78, 5) is 5.24. The van der Waals surface area contributed by atoms with E-state index >= 15 is 0 Å². The fourth-order valence-corrected chi connectivity index (χ4v) is 10.5. The van der Waals surface area contributed by atoms with Gasteiger partial charge in [-0.2, -0.15) is 18.2 Å². The Hall–Kier alpha value is -7.33. The Morgan fingerprint density at radius 3 is 1.78 bits per heavy atom. The van der Waals surface area contributed by atoms with Gasteiger partial charge in [0.15, 0.2) is 0 Å². The van der Waals surface area contributed by atoms with E-state index in [1.807, 2.05) is 18.2 Å².